The summed E-state index contributed by atoms with van der Waals surface area (Å²) in [6, 6.07) is 17.5. The van der Waals surface area contributed by atoms with Crippen molar-refractivity contribution in [1.82, 2.24) is 29.1 Å². The Hall–Kier alpha value is -4.90. The van der Waals surface area contributed by atoms with E-state index in [1.807, 2.05) is 63.4 Å². The molecule has 11 nitrogen and oxygen atoms in total. The zero-order valence-corrected chi connectivity index (χ0v) is 26.1. The summed E-state index contributed by atoms with van der Waals surface area (Å²) in [5.41, 5.74) is 5.67. The summed E-state index contributed by atoms with van der Waals surface area (Å²) in [6.45, 7) is 6.66. The molecule has 3 aliphatic rings. The second-order valence-corrected chi connectivity index (χ2v) is 12.6. The van der Waals surface area contributed by atoms with Gasteiger partial charge < -0.3 is 29.9 Å². The van der Waals surface area contributed by atoms with E-state index in [2.05, 4.69) is 26.5 Å². The first-order valence-corrected chi connectivity index (χ1v) is 16.3. The number of para-hydroxylation sites is 2. The van der Waals surface area contributed by atoms with Crippen LogP contribution >= 0.6 is 0 Å². The van der Waals surface area contributed by atoms with Crippen LogP contribution in [0.1, 0.15) is 39.1 Å². The molecular formula is C35H38N8O3. The first kappa shape index (κ1) is 28.6. The third kappa shape index (κ3) is 4.77. The number of benzene rings is 2. The number of amides is 2. The fourth-order valence-electron chi connectivity index (χ4n) is 7.38. The van der Waals surface area contributed by atoms with E-state index in [4.69, 9.17) is 4.98 Å². The van der Waals surface area contributed by atoms with Crippen LogP contribution in [0.3, 0.4) is 0 Å². The molecule has 3 aliphatic heterocycles. The third-order valence-electron chi connectivity index (χ3n) is 9.88. The Morgan fingerprint density at radius 3 is 2.52 bits per heavy atom. The van der Waals surface area contributed by atoms with Crippen molar-refractivity contribution in [3.05, 3.63) is 81.5 Å². The van der Waals surface area contributed by atoms with Crippen LogP contribution in [-0.2, 0) is 13.5 Å². The highest BCUT2D eigenvalue weighted by Gasteiger charge is 2.27. The van der Waals surface area contributed by atoms with Crippen LogP contribution in [0.4, 0.5) is 11.5 Å². The predicted molar refractivity (Wildman–Crippen MR) is 180 cm³/mol. The van der Waals surface area contributed by atoms with Crippen molar-refractivity contribution in [3.63, 3.8) is 0 Å². The molecule has 6 heterocycles. The minimum absolute atomic E-state index is 0.0397. The maximum Gasteiger partial charge on any atom is 0.259 e. The van der Waals surface area contributed by atoms with Gasteiger partial charge in [-0.3, -0.25) is 18.8 Å². The van der Waals surface area contributed by atoms with E-state index in [1.165, 1.54) is 18.4 Å². The number of anilines is 2. The summed E-state index contributed by atoms with van der Waals surface area (Å²) >= 11 is 0. The standard InChI is InChI=1S/C35H38N8O3/c1-39-27-6-2-3-7-28(27)43-32-25(31(44)30(34(39)43)33(45)37-14-17-40-15-4-5-16-40)10-11-29(38-32)41-18-20-42(21-19-41)35(46)24-9-8-23-12-13-36-26(23)22-24/h2-3,6-11,22,36H,4-5,12-21H2,1H3,(H,37,45). The van der Waals surface area contributed by atoms with Crippen molar-refractivity contribution >= 4 is 51.0 Å². The molecule has 0 spiro atoms. The van der Waals surface area contributed by atoms with Crippen LogP contribution < -0.4 is 21.0 Å². The average molecular weight is 619 g/mol. The number of piperazine rings is 1. The molecule has 0 saturated carbocycles. The van der Waals surface area contributed by atoms with Crippen molar-refractivity contribution in [2.24, 2.45) is 7.05 Å². The van der Waals surface area contributed by atoms with Crippen molar-refractivity contribution < 1.29 is 9.59 Å². The number of nitrogens with one attached hydrogen (secondary N) is 2. The molecule has 0 radical (unpaired) electrons. The molecule has 46 heavy (non-hydrogen) atoms. The van der Waals surface area contributed by atoms with Crippen molar-refractivity contribution in [1.29, 1.82) is 0 Å². The number of aryl methyl sites for hydroxylation is 1. The molecule has 2 fully saturated rings. The van der Waals surface area contributed by atoms with Gasteiger partial charge in [0.15, 0.2) is 5.65 Å². The van der Waals surface area contributed by atoms with E-state index in [0.717, 1.165) is 55.1 Å². The topological polar surface area (TPSA) is 107 Å². The van der Waals surface area contributed by atoms with Gasteiger partial charge >= 0.3 is 0 Å². The zero-order valence-electron chi connectivity index (χ0n) is 26.1. The molecule has 2 N–H and O–H groups in total. The van der Waals surface area contributed by atoms with Gasteiger partial charge in [-0.05, 0) is 74.3 Å². The van der Waals surface area contributed by atoms with Crippen molar-refractivity contribution in [2.45, 2.75) is 19.3 Å². The summed E-state index contributed by atoms with van der Waals surface area (Å²) in [5.74, 6) is 0.418. The largest absolute Gasteiger partial charge is 0.384 e. The highest BCUT2D eigenvalue weighted by molar-refractivity contribution is 6.06. The molecular weight excluding hydrogens is 580 g/mol. The van der Waals surface area contributed by atoms with Crippen LogP contribution in [0.25, 0.3) is 27.7 Å². The van der Waals surface area contributed by atoms with Gasteiger partial charge in [0.05, 0.1) is 16.4 Å². The van der Waals surface area contributed by atoms with Crippen LogP contribution in [0.2, 0.25) is 0 Å². The smallest absolute Gasteiger partial charge is 0.259 e. The van der Waals surface area contributed by atoms with E-state index in [0.29, 0.717) is 55.0 Å². The normalized spacial score (nSPS) is 16.8. The Bertz CT molecular complexity index is 2070. The Labute approximate surface area is 266 Å². The number of carbonyl (C=O) groups excluding carboxylic acids is 2. The second kappa shape index (κ2) is 11.5. The number of pyridine rings is 2. The first-order valence-electron chi connectivity index (χ1n) is 16.3. The van der Waals surface area contributed by atoms with Crippen LogP contribution in [0.5, 0.6) is 0 Å². The van der Waals surface area contributed by atoms with Gasteiger partial charge in [-0.2, -0.15) is 0 Å². The maximum absolute atomic E-state index is 14.0. The number of nitrogens with zero attached hydrogens (tertiary/aromatic N) is 6. The highest BCUT2D eigenvalue weighted by atomic mass is 16.2. The van der Waals surface area contributed by atoms with Crippen LogP contribution in [-0.4, -0.2) is 94.5 Å². The van der Waals surface area contributed by atoms with Gasteiger partial charge in [0, 0.05) is 64.1 Å². The minimum Gasteiger partial charge on any atom is -0.384 e. The predicted octanol–water partition coefficient (Wildman–Crippen LogP) is 3.10. The van der Waals surface area contributed by atoms with Gasteiger partial charge in [-0.25, -0.2) is 4.98 Å². The van der Waals surface area contributed by atoms with Gasteiger partial charge in [0.2, 0.25) is 5.43 Å². The monoisotopic (exact) mass is 618 g/mol. The molecule has 5 aromatic rings. The molecule has 2 amide bonds. The first-order chi connectivity index (χ1) is 22.5. The fourth-order valence-corrected chi connectivity index (χ4v) is 7.38. The number of hydrogen-bond acceptors (Lipinski definition) is 7. The summed E-state index contributed by atoms with van der Waals surface area (Å²) in [7, 11) is 1.89. The molecule has 2 aromatic carbocycles. The van der Waals surface area contributed by atoms with E-state index in [1.54, 1.807) is 6.07 Å². The van der Waals surface area contributed by atoms with Gasteiger partial charge in [0.1, 0.15) is 17.0 Å². The number of carbonyl (C=O) groups is 2. The quantitative estimate of drug-likeness (QED) is 0.301. The molecule has 2 saturated heterocycles. The average Bonchev–Trinajstić information content (AvgIpc) is 3.85. The van der Waals surface area contributed by atoms with E-state index >= 15 is 0 Å². The maximum atomic E-state index is 14.0. The Morgan fingerprint density at radius 2 is 1.72 bits per heavy atom. The fraction of sp³-hybridized carbons (Fsp3) is 0.371. The number of imidazole rings is 1. The number of hydrogen-bond donors (Lipinski definition) is 2. The Balaban J connectivity index is 1.11. The Morgan fingerprint density at radius 1 is 0.935 bits per heavy atom. The van der Waals surface area contributed by atoms with E-state index < -0.39 is 0 Å². The highest BCUT2D eigenvalue weighted by Crippen LogP contribution is 2.28. The van der Waals surface area contributed by atoms with Crippen LogP contribution in [0.15, 0.2) is 59.4 Å². The summed E-state index contributed by atoms with van der Waals surface area (Å²) in [6.07, 6.45) is 3.37. The number of likely N-dealkylation sites (tertiary alicyclic amines) is 1. The van der Waals surface area contributed by atoms with E-state index in [9.17, 15) is 14.4 Å². The SMILES string of the molecule is Cn1c2ccccc2n2c3nc(N4CCN(C(=O)c5ccc6c(c5)NCC6)CC4)ccc3c(=O)c(C(=O)NCCN3CCCC3)c12. The van der Waals surface area contributed by atoms with Gasteiger partial charge in [-0.15, -0.1) is 0 Å². The Kier molecular flexibility index (Phi) is 7.12. The molecule has 0 unspecified atom stereocenters. The minimum atomic E-state index is -0.362. The van der Waals surface area contributed by atoms with E-state index in [-0.39, 0.29) is 22.8 Å². The summed E-state index contributed by atoms with van der Waals surface area (Å²) in [5, 5.41) is 6.79. The molecule has 0 bridgehead atoms. The molecule has 8 rings (SSSR count). The molecule has 11 heteroatoms. The van der Waals surface area contributed by atoms with Gasteiger partial charge in [0.25, 0.3) is 11.8 Å². The van der Waals surface area contributed by atoms with Gasteiger partial charge in [-0.1, -0.05) is 18.2 Å². The lowest BCUT2D eigenvalue weighted by Crippen LogP contribution is -2.49. The van der Waals surface area contributed by atoms with Crippen LogP contribution in [0, 0.1) is 0 Å². The number of aromatic nitrogens is 3. The molecule has 0 atom stereocenters. The lowest BCUT2D eigenvalue weighted by atomic mass is 10.1. The van der Waals surface area contributed by atoms with Crippen molar-refractivity contribution in [2.75, 3.05) is 69.1 Å². The van der Waals surface area contributed by atoms with Crippen molar-refractivity contribution in [3.8, 4) is 0 Å². The molecule has 0 aliphatic carbocycles. The number of fused-ring (bicyclic) bond motifs is 6. The lowest BCUT2D eigenvalue weighted by Gasteiger charge is -2.35. The number of rotatable bonds is 6. The summed E-state index contributed by atoms with van der Waals surface area (Å²) < 4.78 is 3.87. The molecule has 3 aromatic heterocycles. The summed E-state index contributed by atoms with van der Waals surface area (Å²) in [4.78, 5) is 52.5. The third-order valence-corrected chi connectivity index (χ3v) is 9.88. The molecule has 236 valence electrons. The zero-order chi connectivity index (χ0) is 31.4. The lowest BCUT2D eigenvalue weighted by molar-refractivity contribution is 0.0746. The second-order valence-electron chi connectivity index (χ2n) is 12.6.